The van der Waals surface area contributed by atoms with Crippen LogP contribution < -0.4 is 10.6 Å². The zero-order chi connectivity index (χ0) is 40.1. The molecule has 2 saturated heterocycles. The Hall–Kier alpha value is -6.62. The number of nitrogens with zero attached hydrogens (tertiary/aromatic N) is 4. The fourth-order valence-electron chi connectivity index (χ4n) is 7.61. The number of hydrogen-bond acceptors (Lipinski definition) is 8. The number of nitrogens with one attached hydrogen (secondary N) is 4. The molecule has 2 aliphatic heterocycles. The Morgan fingerprint density at radius 1 is 0.772 bits per heavy atom. The largest absolute Gasteiger partial charge is 0.453 e. The van der Waals surface area contributed by atoms with E-state index in [-0.39, 0.29) is 29.8 Å². The summed E-state index contributed by atoms with van der Waals surface area (Å²) in [4.78, 5) is 71.3. The first-order valence-corrected chi connectivity index (χ1v) is 19.2. The van der Waals surface area contributed by atoms with Gasteiger partial charge in [-0.05, 0) is 78.5 Å². The summed E-state index contributed by atoms with van der Waals surface area (Å²) in [5.74, 6) is 7.25. The molecule has 57 heavy (non-hydrogen) atoms. The second kappa shape index (κ2) is 17.0. The van der Waals surface area contributed by atoms with E-state index in [9.17, 15) is 19.2 Å². The third-order valence-corrected chi connectivity index (χ3v) is 10.6. The number of hydrogen-bond donors (Lipinski definition) is 4. The normalized spacial score (nSPS) is 17.5. The molecule has 2 aliphatic rings. The minimum Gasteiger partial charge on any atom is -0.453 e. The van der Waals surface area contributed by atoms with Gasteiger partial charge in [-0.2, -0.15) is 0 Å². The molecule has 0 bridgehead atoms. The Labute approximate surface area is 330 Å². The van der Waals surface area contributed by atoms with Crippen LogP contribution in [0.2, 0.25) is 0 Å². The van der Waals surface area contributed by atoms with Crippen LogP contribution in [-0.4, -0.2) is 87.1 Å². The number of fused-ring (bicyclic) bond motifs is 1. The van der Waals surface area contributed by atoms with Gasteiger partial charge in [-0.25, -0.2) is 19.6 Å². The average Bonchev–Trinajstić information content (AvgIpc) is 4.07. The number of alkyl carbamates (subject to hydrolysis) is 2. The number of likely N-dealkylation sites (tertiary alicyclic amines) is 2. The predicted octanol–water partition coefficient (Wildman–Crippen LogP) is 6.16. The molecule has 4 amide bonds. The van der Waals surface area contributed by atoms with E-state index in [4.69, 9.17) is 14.5 Å². The lowest BCUT2D eigenvalue weighted by atomic mass is 10.0. The Morgan fingerprint density at radius 3 is 2.11 bits per heavy atom. The number of rotatable bonds is 9. The lowest BCUT2D eigenvalue weighted by Crippen LogP contribution is -2.51. The highest BCUT2D eigenvalue weighted by atomic mass is 16.5. The van der Waals surface area contributed by atoms with E-state index in [1.54, 1.807) is 23.2 Å². The van der Waals surface area contributed by atoms with Crippen molar-refractivity contribution < 1.29 is 28.7 Å². The first-order chi connectivity index (χ1) is 27.6. The van der Waals surface area contributed by atoms with Gasteiger partial charge in [0.15, 0.2) is 0 Å². The van der Waals surface area contributed by atoms with Gasteiger partial charge in [0.2, 0.25) is 5.91 Å². The van der Waals surface area contributed by atoms with Crippen molar-refractivity contribution in [2.45, 2.75) is 63.7 Å². The summed E-state index contributed by atoms with van der Waals surface area (Å²) in [5, 5.41) is 5.39. The summed E-state index contributed by atoms with van der Waals surface area (Å²) in [7, 11) is 2.56. The van der Waals surface area contributed by atoms with Crippen LogP contribution in [0.3, 0.4) is 0 Å². The van der Waals surface area contributed by atoms with Crippen LogP contribution in [0.4, 0.5) is 9.59 Å². The van der Waals surface area contributed by atoms with Crippen LogP contribution in [0.1, 0.15) is 86.1 Å². The summed E-state index contributed by atoms with van der Waals surface area (Å²) in [5.41, 5.74) is 5.81. The second-order valence-electron chi connectivity index (χ2n) is 14.6. The molecule has 4 N–H and O–H groups in total. The summed E-state index contributed by atoms with van der Waals surface area (Å²) in [6.07, 6.45) is 3.51. The molecule has 3 aromatic carbocycles. The van der Waals surface area contributed by atoms with Crippen molar-refractivity contribution in [3.05, 3.63) is 107 Å². The van der Waals surface area contributed by atoms with Gasteiger partial charge in [-0.1, -0.05) is 68.3 Å². The topological polar surface area (TPSA) is 175 Å². The van der Waals surface area contributed by atoms with Crippen LogP contribution in [0.5, 0.6) is 0 Å². The van der Waals surface area contributed by atoms with Crippen LogP contribution in [0, 0.1) is 17.8 Å². The van der Waals surface area contributed by atoms with Crippen molar-refractivity contribution in [1.29, 1.82) is 0 Å². The van der Waals surface area contributed by atoms with Crippen molar-refractivity contribution in [2.24, 2.45) is 5.92 Å². The van der Waals surface area contributed by atoms with E-state index in [0.717, 1.165) is 59.2 Å². The van der Waals surface area contributed by atoms with E-state index in [1.165, 1.54) is 14.2 Å². The Bertz CT molecular complexity index is 2310. The quantitative estimate of drug-likeness (QED) is 0.129. The van der Waals surface area contributed by atoms with Gasteiger partial charge >= 0.3 is 12.2 Å². The Balaban J connectivity index is 1.02. The van der Waals surface area contributed by atoms with Crippen molar-refractivity contribution in [2.75, 3.05) is 27.3 Å². The molecule has 0 aliphatic carbocycles. The zero-order valence-corrected chi connectivity index (χ0v) is 32.4. The number of H-pyrrole nitrogens is 2. The maximum atomic E-state index is 13.8. The van der Waals surface area contributed by atoms with Gasteiger partial charge in [0, 0.05) is 18.7 Å². The monoisotopic (exact) mass is 770 g/mol. The van der Waals surface area contributed by atoms with Crippen molar-refractivity contribution in [3.8, 4) is 23.0 Å². The first kappa shape index (κ1) is 38.6. The number of amides is 4. The fourth-order valence-corrected chi connectivity index (χ4v) is 7.61. The summed E-state index contributed by atoms with van der Waals surface area (Å²) < 4.78 is 9.57. The molecular formula is C43H46N8O6. The van der Waals surface area contributed by atoms with Gasteiger partial charge in [0.1, 0.15) is 29.4 Å². The number of methoxy groups -OCH3 is 2. The number of carbonyl (C=O) groups excluding carboxylic acids is 4. The lowest BCUT2D eigenvalue weighted by Gasteiger charge is -2.29. The number of benzene rings is 3. The number of ether oxygens (including phenoxy) is 2. The van der Waals surface area contributed by atoms with E-state index < -0.39 is 24.3 Å². The highest BCUT2D eigenvalue weighted by molar-refractivity contribution is 5.88. The van der Waals surface area contributed by atoms with Gasteiger partial charge in [0.25, 0.3) is 5.91 Å². The van der Waals surface area contributed by atoms with Gasteiger partial charge in [-0.3, -0.25) is 9.59 Å². The molecule has 14 heteroatoms. The maximum Gasteiger partial charge on any atom is 0.407 e. The minimum atomic E-state index is -0.891. The Morgan fingerprint density at radius 2 is 1.42 bits per heavy atom. The smallest absolute Gasteiger partial charge is 0.407 e. The second-order valence-corrected chi connectivity index (χ2v) is 14.6. The highest BCUT2D eigenvalue weighted by Gasteiger charge is 2.38. The predicted molar refractivity (Wildman–Crippen MR) is 212 cm³/mol. The van der Waals surface area contributed by atoms with Crippen molar-refractivity contribution in [1.82, 2.24) is 40.4 Å². The van der Waals surface area contributed by atoms with E-state index in [2.05, 4.69) is 43.5 Å². The molecule has 5 aromatic rings. The van der Waals surface area contributed by atoms with Crippen molar-refractivity contribution >= 4 is 35.0 Å². The standard InChI is InChI=1S/C43H46N8O6/c1-26(2)36(48-42(54)56-3)40(52)51-23-9-13-35(51)39-46-32-21-19-30(24-33(32)47-39)28-17-14-27(15-18-28)16-20-31-25-44-38(45-31)34-12-8-22-50(34)41(53)37(49-43(55)57-4)29-10-6-5-7-11-29/h5-7,10-11,14-15,17-19,21,24-26,34-37H,8-9,12-13,22-23H2,1-4H3,(H,44,45)(H,46,47)(H,48,54)(H,49,55). The third-order valence-electron chi connectivity index (χ3n) is 10.6. The lowest BCUT2D eigenvalue weighted by molar-refractivity contribution is -0.135. The van der Waals surface area contributed by atoms with E-state index in [1.807, 2.05) is 73.3 Å². The van der Waals surface area contributed by atoms with Crippen LogP contribution in [-0.2, 0) is 19.1 Å². The minimum absolute atomic E-state index is 0.113. The number of carbonyl (C=O) groups is 4. The molecule has 2 aromatic heterocycles. The fraction of sp³-hybridized carbons (Fsp3) is 0.349. The number of aromatic nitrogens is 4. The molecule has 4 atom stereocenters. The van der Waals surface area contributed by atoms with Gasteiger partial charge in [-0.15, -0.1) is 0 Å². The van der Waals surface area contributed by atoms with E-state index >= 15 is 0 Å². The highest BCUT2D eigenvalue weighted by Crippen LogP contribution is 2.35. The average molecular weight is 771 g/mol. The molecule has 2 fully saturated rings. The van der Waals surface area contributed by atoms with Crippen LogP contribution in [0.15, 0.2) is 79.0 Å². The molecule has 0 saturated carbocycles. The molecule has 294 valence electrons. The number of aromatic amines is 2. The van der Waals surface area contributed by atoms with Crippen molar-refractivity contribution in [3.63, 3.8) is 0 Å². The van der Waals surface area contributed by atoms with Crippen LogP contribution >= 0.6 is 0 Å². The molecule has 7 rings (SSSR count). The molecule has 4 heterocycles. The summed E-state index contributed by atoms with van der Waals surface area (Å²) in [6, 6.07) is 21.0. The molecular weight excluding hydrogens is 725 g/mol. The molecule has 0 spiro atoms. The molecule has 0 radical (unpaired) electrons. The SMILES string of the molecule is COC(=O)NC(C(=O)N1CCCC1c1ncc(C#Cc2ccc(-c3ccc4nc(C5CCCN5C(=O)C(NC(=O)OC)C(C)C)[nH]c4c3)cc2)[nH]1)c1ccccc1. The van der Waals surface area contributed by atoms with Gasteiger partial charge < -0.3 is 39.9 Å². The zero-order valence-electron chi connectivity index (χ0n) is 32.4. The number of imidazole rings is 2. The first-order valence-electron chi connectivity index (χ1n) is 19.2. The summed E-state index contributed by atoms with van der Waals surface area (Å²) in [6.45, 7) is 4.92. The molecule has 14 nitrogen and oxygen atoms in total. The van der Waals surface area contributed by atoms with Crippen LogP contribution in [0.25, 0.3) is 22.2 Å². The summed E-state index contributed by atoms with van der Waals surface area (Å²) >= 11 is 0. The Kier molecular flexibility index (Phi) is 11.5. The maximum absolute atomic E-state index is 13.8. The van der Waals surface area contributed by atoms with E-state index in [0.29, 0.717) is 30.2 Å². The van der Waals surface area contributed by atoms with Gasteiger partial charge in [0.05, 0.1) is 43.5 Å². The third kappa shape index (κ3) is 8.47. The molecule has 4 unspecified atom stereocenters.